The van der Waals surface area contributed by atoms with Gasteiger partial charge >= 0.3 is 0 Å². The zero-order valence-corrected chi connectivity index (χ0v) is 8.29. The summed E-state index contributed by atoms with van der Waals surface area (Å²) in [7, 11) is 0. The zero-order valence-electron chi connectivity index (χ0n) is 8.29. The van der Waals surface area contributed by atoms with Gasteiger partial charge in [-0.2, -0.15) is 0 Å². The van der Waals surface area contributed by atoms with E-state index in [2.05, 4.69) is 0 Å². The lowest BCUT2D eigenvalue weighted by atomic mass is 9.63. The monoisotopic (exact) mass is 194 g/mol. The summed E-state index contributed by atoms with van der Waals surface area (Å²) in [5, 5.41) is 0. The van der Waals surface area contributed by atoms with Gasteiger partial charge in [0, 0.05) is 12.8 Å². The molecule has 3 rings (SSSR count). The molecule has 0 amide bonds. The summed E-state index contributed by atoms with van der Waals surface area (Å²) in [5.41, 5.74) is -0.700. The maximum Gasteiger partial charge on any atom is 0.200 e. The normalized spacial score (nSPS) is 50.1. The van der Waals surface area contributed by atoms with Crippen LogP contribution in [0.15, 0.2) is 12.3 Å². The van der Waals surface area contributed by atoms with E-state index in [1.165, 1.54) is 0 Å². The maximum absolute atomic E-state index is 12.0. The molecule has 0 N–H and O–H groups in total. The van der Waals surface area contributed by atoms with Crippen LogP contribution in [-0.2, 0) is 14.3 Å². The number of ketones is 1. The van der Waals surface area contributed by atoms with Crippen LogP contribution in [0.5, 0.6) is 0 Å². The Hall–Kier alpha value is -0.830. The average molecular weight is 194 g/mol. The first kappa shape index (κ1) is 8.48. The van der Waals surface area contributed by atoms with Gasteiger partial charge in [0.15, 0.2) is 0 Å². The zero-order chi connectivity index (χ0) is 9.81. The number of carbonyl (C=O) groups excluding carboxylic acids is 1. The van der Waals surface area contributed by atoms with Crippen LogP contribution in [-0.4, -0.2) is 17.7 Å². The molecule has 1 saturated carbocycles. The van der Waals surface area contributed by atoms with Gasteiger partial charge in [0.2, 0.25) is 6.29 Å². The Morgan fingerprint density at radius 2 is 2.43 bits per heavy atom. The Balaban J connectivity index is 2.11. The van der Waals surface area contributed by atoms with Crippen LogP contribution in [0.2, 0.25) is 0 Å². The molecule has 1 aliphatic carbocycles. The van der Waals surface area contributed by atoms with Crippen LogP contribution in [0.1, 0.15) is 32.6 Å². The van der Waals surface area contributed by atoms with Crippen LogP contribution in [0.4, 0.5) is 0 Å². The predicted molar refractivity (Wildman–Crippen MR) is 49.4 cm³/mol. The quantitative estimate of drug-likeness (QED) is 0.589. The first-order valence-electron chi connectivity index (χ1n) is 5.21. The molecule has 0 radical (unpaired) electrons. The molecule has 3 aliphatic rings. The third kappa shape index (κ3) is 0.793. The number of hydrogen-bond acceptors (Lipinski definition) is 3. The molecule has 0 aromatic heterocycles. The second kappa shape index (κ2) is 2.40. The van der Waals surface area contributed by atoms with Crippen molar-refractivity contribution in [2.24, 2.45) is 5.41 Å². The molecule has 2 fully saturated rings. The van der Waals surface area contributed by atoms with E-state index in [0.29, 0.717) is 18.6 Å². The lowest BCUT2D eigenvalue weighted by Crippen LogP contribution is -2.50. The number of rotatable bonds is 0. The van der Waals surface area contributed by atoms with Crippen molar-refractivity contribution in [1.29, 1.82) is 0 Å². The van der Waals surface area contributed by atoms with E-state index in [9.17, 15) is 4.79 Å². The molecule has 3 atom stereocenters. The van der Waals surface area contributed by atoms with Gasteiger partial charge in [0.1, 0.15) is 11.4 Å². The van der Waals surface area contributed by atoms with Gasteiger partial charge in [-0.25, -0.2) is 0 Å². The van der Waals surface area contributed by atoms with Crippen molar-refractivity contribution in [3.8, 4) is 0 Å². The second-order valence-corrected chi connectivity index (χ2v) is 4.69. The van der Waals surface area contributed by atoms with Crippen molar-refractivity contribution in [2.75, 3.05) is 0 Å². The average Bonchev–Trinajstić information content (AvgIpc) is 2.35. The molecule has 3 nitrogen and oxygen atoms in total. The second-order valence-electron chi connectivity index (χ2n) is 4.69. The maximum atomic E-state index is 12.0. The van der Waals surface area contributed by atoms with Gasteiger partial charge in [0.05, 0.1) is 11.7 Å². The van der Waals surface area contributed by atoms with Crippen LogP contribution < -0.4 is 0 Å². The molecular formula is C11H14O3. The van der Waals surface area contributed by atoms with Gasteiger partial charge in [-0.1, -0.05) is 0 Å². The summed E-state index contributed by atoms with van der Waals surface area (Å²) in [5.74, 6) is 0.335. The molecule has 0 aromatic carbocycles. The Bertz CT molecular complexity index is 322. The van der Waals surface area contributed by atoms with Gasteiger partial charge in [-0.05, 0) is 25.8 Å². The summed E-state index contributed by atoms with van der Waals surface area (Å²) in [6.45, 7) is 2.02. The largest absolute Gasteiger partial charge is 0.473 e. The fraction of sp³-hybridized carbons (Fsp3) is 0.727. The van der Waals surface area contributed by atoms with Gasteiger partial charge < -0.3 is 9.47 Å². The van der Waals surface area contributed by atoms with Gasteiger partial charge in [-0.15, -0.1) is 0 Å². The Labute approximate surface area is 83.1 Å². The van der Waals surface area contributed by atoms with Crippen molar-refractivity contribution in [1.82, 2.24) is 0 Å². The highest BCUT2D eigenvalue weighted by atomic mass is 16.7. The van der Waals surface area contributed by atoms with Crippen molar-refractivity contribution in [3.63, 3.8) is 0 Å². The van der Waals surface area contributed by atoms with Crippen LogP contribution in [0.25, 0.3) is 0 Å². The van der Waals surface area contributed by atoms with Crippen LogP contribution in [0, 0.1) is 5.41 Å². The summed E-state index contributed by atoms with van der Waals surface area (Å²) < 4.78 is 11.1. The summed E-state index contributed by atoms with van der Waals surface area (Å²) in [6, 6.07) is 0. The van der Waals surface area contributed by atoms with Crippen molar-refractivity contribution >= 4 is 5.78 Å². The first-order valence-corrected chi connectivity index (χ1v) is 5.21. The molecule has 14 heavy (non-hydrogen) atoms. The summed E-state index contributed by atoms with van der Waals surface area (Å²) in [6.07, 6.45) is 6.73. The molecule has 1 spiro atoms. The number of carbonyl (C=O) groups is 1. The van der Waals surface area contributed by atoms with Crippen molar-refractivity contribution in [3.05, 3.63) is 12.3 Å². The van der Waals surface area contributed by atoms with Crippen LogP contribution >= 0.6 is 0 Å². The smallest absolute Gasteiger partial charge is 0.200 e. The number of Topliss-reactive ketones (excluding diaryl/α,β-unsaturated/α-hetero) is 1. The molecule has 0 unspecified atom stereocenters. The molecule has 2 heterocycles. The molecule has 2 bridgehead atoms. The molecule has 0 aromatic rings. The van der Waals surface area contributed by atoms with E-state index in [1.807, 2.05) is 13.0 Å². The summed E-state index contributed by atoms with van der Waals surface area (Å²) >= 11 is 0. The fourth-order valence-corrected chi connectivity index (χ4v) is 3.00. The number of fused-ring (bicyclic) bond motifs is 1. The number of hydrogen-bond donors (Lipinski definition) is 0. The minimum atomic E-state index is -0.356. The van der Waals surface area contributed by atoms with E-state index in [4.69, 9.17) is 9.47 Å². The minimum absolute atomic E-state index is 0.202. The van der Waals surface area contributed by atoms with Gasteiger partial charge in [0.25, 0.3) is 0 Å². The van der Waals surface area contributed by atoms with E-state index in [-0.39, 0.29) is 17.3 Å². The topological polar surface area (TPSA) is 35.5 Å². The lowest BCUT2D eigenvalue weighted by molar-refractivity contribution is -0.166. The summed E-state index contributed by atoms with van der Waals surface area (Å²) in [4.78, 5) is 12.0. The van der Waals surface area contributed by atoms with E-state index in [0.717, 1.165) is 12.8 Å². The van der Waals surface area contributed by atoms with Crippen LogP contribution in [0.3, 0.4) is 0 Å². The van der Waals surface area contributed by atoms with Crippen molar-refractivity contribution in [2.45, 2.75) is 44.5 Å². The van der Waals surface area contributed by atoms with Crippen molar-refractivity contribution < 1.29 is 14.3 Å². The van der Waals surface area contributed by atoms with E-state index in [1.54, 1.807) is 6.26 Å². The number of ether oxygens (including phenoxy) is 2. The van der Waals surface area contributed by atoms with E-state index < -0.39 is 0 Å². The third-order valence-corrected chi connectivity index (χ3v) is 3.99. The predicted octanol–water partition coefficient (Wildman–Crippen LogP) is 1.77. The molecular weight excluding hydrogens is 180 g/mol. The highest BCUT2D eigenvalue weighted by Gasteiger charge is 2.62. The minimum Gasteiger partial charge on any atom is -0.473 e. The van der Waals surface area contributed by atoms with E-state index >= 15 is 0 Å². The molecule has 1 saturated heterocycles. The standard InChI is InChI=1S/C11H14O3/c1-10-7-9-13-6-5-11(10,14-9)4-2-3-8(10)12/h5-6,9H,2-4,7H2,1H3/t9-,10-,11-/m1/s1. The Morgan fingerprint density at radius 1 is 1.57 bits per heavy atom. The SMILES string of the molecule is C[C@]12C[C@@H]3OC=C[C@@]1(CCCC2=O)O3. The first-order chi connectivity index (χ1) is 6.66. The molecule has 3 heteroatoms. The highest BCUT2D eigenvalue weighted by Crippen LogP contribution is 2.55. The molecule has 76 valence electrons. The molecule has 2 aliphatic heterocycles. The fourth-order valence-electron chi connectivity index (χ4n) is 3.00. The Morgan fingerprint density at radius 3 is 3.29 bits per heavy atom. The lowest BCUT2D eigenvalue weighted by Gasteiger charge is -2.42. The highest BCUT2D eigenvalue weighted by molar-refractivity contribution is 5.87. The Kier molecular flexibility index (Phi) is 1.45. The van der Waals surface area contributed by atoms with Gasteiger partial charge in [-0.3, -0.25) is 4.79 Å². The third-order valence-electron chi connectivity index (χ3n) is 3.99.